The van der Waals surface area contributed by atoms with Crippen LogP contribution in [0.4, 0.5) is 27.3 Å². The fraction of sp³-hybridized carbons (Fsp3) is 0.0556. The molecule has 0 fully saturated rings. The first-order valence-electron chi connectivity index (χ1n) is 7.69. The number of benzene rings is 2. The van der Waals surface area contributed by atoms with Gasteiger partial charge in [0.2, 0.25) is 0 Å². The summed E-state index contributed by atoms with van der Waals surface area (Å²) in [7, 11) is 0. The van der Waals surface area contributed by atoms with Gasteiger partial charge in [0.1, 0.15) is 23.7 Å². The summed E-state index contributed by atoms with van der Waals surface area (Å²) >= 11 is 1.51. The van der Waals surface area contributed by atoms with Crippen molar-refractivity contribution in [2.45, 2.75) is 0 Å². The van der Waals surface area contributed by atoms with Crippen molar-refractivity contribution in [3.63, 3.8) is 0 Å². The van der Waals surface area contributed by atoms with Crippen LogP contribution in [0.1, 0.15) is 10.5 Å². The number of nitrogens with zero attached hydrogens (tertiary/aromatic N) is 2. The van der Waals surface area contributed by atoms with Gasteiger partial charge in [0.05, 0.1) is 0 Å². The van der Waals surface area contributed by atoms with Crippen LogP contribution in [0.3, 0.4) is 0 Å². The number of hydrogen-bond donors (Lipinski definition) is 3. The standard InChI is InChI=1S/C18H16FN5OS/c1-26-24-15-8-6-13(7-9-15)22-17-10-16(20-11-21-17)18(25)23-14-4-2-12(19)3-5-14/h2-11,24H,1H3,(H,23,25)(H,20,21,22). The summed E-state index contributed by atoms with van der Waals surface area (Å²) in [5, 5.41) is 5.79. The average molecular weight is 369 g/mol. The van der Waals surface area contributed by atoms with Gasteiger partial charge >= 0.3 is 0 Å². The van der Waals surface area contributed by atoms with Crippen molar-refractivity contribution in [2.75, 3.05) is 21.6 Å². The molecule has 1 heterocycles. The van der Waals surface area contributed by atoms with Gasteiger partial charge in [0, 0.05) is 29.4 Å². The predicted molar refractivity (Wildman–Crippen MR) is 103 cm³/mol. The molecule has 0 spiro atoms. The molecule has 0 bridgehead atoms. The zero-order valence-electron chi connectivity index (χ0n) is 13.9. The van der Waals surface area contributed by atoms with E-state index in [2.05, 4.69) is 25.3 Å². The molecule has 0 atom stereocenters. The Kier molecular flexibility index (Phi) is 5.65. The van der Waals surface area contributed by atoms with Crippen molar-refractivity contribution in [1.29, 1.82) is 0 Å². The van der Waals surface area contributed by atoms with Crippen LogP contribution in [-0.2, 0) is 0 Å². The minimum Gasteiger partial charge on any atom is -0.340 e. The molecule has 132 valence electrons. The Morgan fingerprint density at radius 3 is 2.31 bits per heavy atom. The summed E-state index contributed by atoms with van der Waals surface area (Å²) in [5.74, 6) is -0.272. The molecule has 6 nitrogen and oxygen atoms in total. The van der Waals surface area contributed by atoms with E-state index in [1.54, 1.807) is 6.07 Å². The number of aromatic nitrogens is 2. The Hall–Kier alpha value is -3.13. The Bertz CT molecular complexity index is 887. The highest BCUT2D eigenvalue weighted by molar-refractivity contribution is 7.99. The predicted octanol–water partition coefficient (Wildman–Crippen LogP) is 4.30. The highest BCUT2D eigenvalue weighted by Gasteiger charge is 2.09. The lowest BCUT2D eigenvalue weighted by atomic mass is 10.2. The molecule has 0 saturated carbocycles. The van der Waals surface area contributed by atoms with E-state index in [9.17, 15) is 9.18 Å². The number of anilines is 4. The number of carbonyl (C=O) groups excluding carboxylic acids is 1. The van der Waals surface area contributed by atoms with E-state index < -0.39 is 5.91 Å². The second-order valence-corrected chi connectivity index (χ2v) is 5.87. The Labute approximate surface area is 154 Å². The van der Waals surface area contributed by atoms with Crippen LogP contribution in [0, 0.1) is 5.82 Å². The van der Waals surface area contributed by atoms with Gasteiger partial charge in [-0.1, -0.05) is 11.9 Å². The second-order valence-electron chi connectivity index (χ2n) is 5.26. The van der Waals surface area contributed by atoms with E-state index in [1.165, 1.54) is 42.5 Å². The number of hydrogen-bond acceptors (Lipinski definition) is 6. The Morgan fingerprint density at radius 1 is 0.962 bits per heavy atom. The number of halogens is 1. The van der Waals surface area contributed by atoms with Crippen LogP contribution in [0.15, 0.2) is 60.9 Å². The van der Waals surface area contributed by atoms with Crippen molar-refractivity contribution in [1.82, 2.24) is 9.97 Å². The molecule has 3 N–H and O–H groups in total. The lowest BCUT2D eigenvalue weighted by Gasteiger charge is -2.09. The maximum absolute atomic E-state index is 12.9. The third kappa shape index (κ3) is 4.70. The highest BCUT2D eigenvalue weighted by Crippen LogP contribution is 2.19. The minimum atomic E-state index is -0.401. The van der Waals surface area contributed by atoms with Crippen LogP contribution >= 0.6 is 11.9 Å². The fourth-order valence-electron chi connectivity index (χ4n) is 2.17. The van der Waals surface area contributed by atoms with Crippen LogP contribution in [0.2, 0.25) is 0 Å². The molecule has 8 heteroatoms. The molecule has 1 aromatic heterocycles. The van der Waals surface area contributed by atoms with Gasteiger partial charge in [0.25, 0.3) is 5.91 Å². The van der Waals surface area contributed by atoms with Crippen molar-refractivity contribution in [3.8, 4) is 0 Å². The molecule has 26 heavy (non-hydrogen) atoms. The number of carbonyl (C=O) groups is 1. The maximum atomic E-state index is 12.9. The topological polar surface area (TPSA) is 78.9 Å². The molecule has 0 aliphatic heterocycles. The minimum absolute atomic E-state index is 0.201. The summed E-state index contributed by atoms with van der Waals surface area (Å²) in [6, 6.07) is 14.7. The first-order chi connectivity index (χ1) is 12.6. The second kappa shape index (κ2) is 8.30. The monoisotopic (exact) mass is 369 g/mol. The highest BCUT2D eigenvalue weighted by atomic mass is 32.2. The normalized spacial score (nSPS) is 10.2. The van der Waals surface area contributed by atoms with Gasteiger partial charge in [-0.3, -0.25) is 4.79 Å². The molecule has 3 aromatic rings. The number of rotatable bonds is 6. The van der Waals surface area contributed by atoms with Crippen molar-refractivity contribution < 1.29 is 9.18 Å². The summed E-state index contributed by atoms with van der Waals surface area (Å²) in [4.78, 5) is 20.4. The van der Waals surface area contributed by atoms with Crippen LogP contribution in [0.5, 0.6) is 0 Å². The zero-order chi connectivity index (χ0) is 18.4. The Balaban J connectivity index is 1.69. The summed E-state index contributed by atoms with van der Waals surface area (Å²) in [5.41, 5.74) is 2.51. The molecule has 0 aliphatic carbocycles. The van der Waals surface area contributed by atoms with E-state index >= 15 is 0 Å². The van der Waals surface area contributed by atoms with Gasteiger partial charge in [-0.2, -0.15) is 0 Å². The van der Waals surface area contributed by atoms with E-state index in [-0.39, 0.29) is 11.5 Å². The largest absolute Gasteiger partial charge is 0.340 e. The molecule has 1 amide bonds. The van der Waals surface area contributed by atoms with Gasteiger partial charge in [-0.25, -0.2) is 14.4 Å². The van der Waals surface area contributed by atoms with E-state index in [0.717, 1.165) is 11.4 Å². The van der Waals surface area contributed by atoms with Crippen LogP contribution < -0.4 is 15.4 Å². The van der Waals surface area contributed by atoms with Gasteiger partial charge in [-0.15, -0.1) is 0 Å². The summed E-state index contributed by atoms with van der Waals surface area (Å²) in [6.07, 6.45) is 3.26. The molecular weight excluding hydrogens is 353 g/mol. The summed E-state index contributed by atoms with van der Waals surface area (Å²) < 4.78 is 16.1. The lowest BCUT2D eigenvalue weighted by Crippen LogP contribution is -2.14. The van der Waals surface area contributed by atoms with Crippen molar-refractivity contribution in [3.05, 3.63) is 72.4 Å². The fourth-order valence-corrected chi connectivity index (χ4v) is 2.54. The lowest BCUT2D eigenvalue weighted by molar-refractivity contribution is 0.102. The summed E-state index contributed by atoms with van der Waals surface area (Å²) in [6.45, 7) is 0. The molecular formula is C18H16FN5OS. The van der Waals surface area contributed by atoms with Crippen molar-refractivity contribution >= 4 is 40.7 Å². The quantitative estimate of drug-likeness (QED) is 0.562. The molecule has 0 radical (unpaired) electrons. The Morgan fingerprint density at radius 2 is 1.62 bits per heavy atom. The van der Waals surface area contributed by atoms with Crippen molar-refractivity contribution in [2.24, 2.45) is 0 Å². The molecule has 0 aliphatic rings. The average Bonchev–Trinajstić information content (AvgIpc) is 2.66. The number of nitrogens with one attached hydrogen (secondary N) is 3. The first-order valence-corrected chi connectivity index (χ1v) is 8.91. The van der Waals surface area contributed by atoms with E-state index in [4.69, 9.17) is 0 Å². The van der Waals surface area contributed by atoms with E-state index in [1.807, 2.05) is 30.5 Å². The smallest absolute Gasteiger partial charge is 0.274 e. The third-order valence-electron chi connectivity index (χ3n) is 3.38. The zero-order valence-corrected chi connectivity index (χ0v) is 14.7. The maximum Gasteiger partial charge on any atom is 0.274 e. The molecule has 3 rings (SSSR count). The first kappa shape index (κ1) is 17.7. The molecule has 2 aromatic carbocycles. The van der Waals surface area contributed by atoms with Crippen LogP contribution in [-0.4, -0.2) is 22.1 Å². The SMILES string of the molecule is CSNc1ccc(Nc2cc(C(=O)Nc3ccc(F)cc3)ncn2)cc1. The third-order valence-corrected chi connectivity index (χ3v) is 3.82. The van der Waals surface area contributed by atoms with Gasteiger partial charge < -0.3 is 15.4 Å². The van der Waals surface area contributed by atoms with Gasteiger partial charge in [0.15, 0.2) is 0 Å². The van der Waals surface area contributed by atoms with Gasteiger partial charge in [-0.05, 0) is 48.5 Å². The van der Waals surface area contributed by atoms with Crippen LogP contribution in [0.25, 0.3) is 0 Å². The molecule has 0 unspecified atom stereocenters. The van der Waals surface area contributed by atoms with E-state index in [0.29, 0.717) is 11.5 Å². The molecule has 0 saturated heterocycles. The number of amides is 1.